The SMILES string of the molecule is O=C1C(=O)N(c2nnc(SCc3ccc(Cl)cc3)s2)C(c2cccc(Br)c2)/C1=C(/O)c1ccc(Cl)cc1. The van der Waals surface area contributed by atoms with Gasteiger partial charge in [-0.25, -0.2) is 0 Å². The van der Waals surface area contributed by atoms with Crippen molar-refractivity contribution in [1.82, 2.24) is 10.2 Å². The van der Waals surface area contributed by atoms with Crippen LogP contribution in [0.3, 0.4) is 0 Å². The first kappa shape index (κ1) is 25.9. The van der Waals surface area contributed by atoms with E-state index in [9.17, 15) is 14.7 Å². The van der Waals surface area contributed by atoms with Gasteiger partial charge in [0.2, 0.25) is 5.13 Å². The number of carbonyl (C=O) groups is 2. The first-order valence-corrected chi connectivity index (χ1v) is 14.2. The van der Waals surface area contributed by atoms with E-state index < -0.39 is 17.7 Å². The van der Waals surface area contributed by atoms with E-state index in [-0.39, 0.29) is 16.5 Å². The molecule has 1 N–H and O–H groups in total. The van der Waals surface area contributed by atoms with E-state index in [1.807, 2.05) is 30.3 Å². The van der Waals surface area contributed by atoms with E-state index in [2.05, 4.69) is 26.1 Å². The number of Topliss-reactive ketones (excluding diaryl/α,β-unsaturated/α-hetero) is 1. The molecule has 1 fully saturated rings. The highest BCUT2D eigenvalue weighted by atomic mass is 79.9. The Morgan fingerprint density at radius 3 is 2.35 bits per heavy atom. The lowest BCUT2D eigenvalue weighted by atomic mass is 9.95. The Bertz CT molecular complexity index is 1520. The molecule has 1 unspecified atom stereocenters. The number of amides is 1. The molecule has 186 valence electrons. The van der Waals surface area contributed by atoms with Crippen LogP contribution in [-0.4, -0.2) is 27.0 Å². The van der Waals surface area contributed by atoms with Crippen LogP contribution >= 0.6 is 62.2 Å². The maximum Gasteiger partial charge on any atom is 0.301 e. The summed E-state index contributed by atoms with van der Waals surface area (Å²) < 4.78 is 1.40. The third-order valence-electron chi connectivity index (χ3n) is 5.60. The quantitative estimate of drug-likeness (QED) is 0.0778. The van der Waals surface area contributed by atoms with E-state index in [0.29, 0.717) is 31.3 Å². The average molecular weight is 633 g/mol. The first-order valence-electron chi connectivity index (χ1n) is 10.8. The number of nitrogens with zero attached hydrogens (tertiary/aromatic N) is 3. The van der Waals surface area contributed by atoms with E-state index in [1.54, 1.807) is 42.5 Å². The molecular formula is C26H16BrCl2N3O3S2. The Kier molecular flexibility index (Phi) is 7.69. The number of carbonyl (C=O) groups excluding carboxylic acids is 2. The smallest absolute Gasteiger partial charge is 0.301 e. The van der Waals surface area contributed by atoms with Crippen LogP contribution in [0, 0.1) is 0 Å². The van der Waals surface area contributed by atoms with Crippen LogP contribution < -0.4 is 4.90 Å². The Morgan fingerprint density at radius 2 is 1.68 bits per heavy atom. The van der Waals surface area contributed by atoms with Crippen LogP contribution in [0.2, 0.25) is 10.0 Å². The number of halogens is 3. The summed E-state index contributed by atoms with van der Waals surface area (Å²) in [4.78, 5) is 27.9. The molecule has 0 saturated carbocycles. The van der Waals surface area contributed by atoms with Crippen LogP contribution in [0.25, 0.3) is 5.76 Å². The minimum Gasteiger partial charge on any atom is -0.507 e. The largest absolute Gasteiger partial charge is 0.507 e. The van der Waals surface area contributed by atoms with Gasteiger partial charge in [0.05, 0.1) is 11.6 Å². The van der Waals surface area contributed by atoms with Crippen LogP contribution in [0.15, 0.2) is 87.2 Å². The van der Waals surface area contributed by atoms with Gasteiger partial charge in [-0.1, -0.05) is 86.5 Å². The summed E-state index contributed by atoms with van der Waals surface area (Å²) in [5, 5.41) is 21.1. The number of hydrogen-bond acceptors (Lipinski definition) is 7. The zero-order chi connectivity index (χ0) is 26.1. The van der Waals surface area contributed by atoms with Gasteiger partial charge in [0, 0.05) is 25.8 Å². The number of thioether (sulfide) groups is 1. The van der Waals surface area contributed by atoms with Crippen molar-refractivity contribution in [2.45, 2.75) is 16.1 Å². The molecule has 1 aliphatic heterocycles. The normalized spacial score (nSPS) is 16.9. The lowest BCUT2D eigenvalue weighted by molar-refractivity contribution is -0.132. The van der Waals surface area contributed by atoms with Crippen molar-refractivity contribution < 1.29 is 14.7 Å². The fraction of sp³-hybridized carbons (Fsp3) is 0.0769. The number of aliphatic hydroxyl groups is 1. The molecule has 4 aromatic rings. The summed E-state index contributed by atoms with van der Waals surface area (Å²) >= 11 is 18.1. The molecule has 0 radical (unpaired) electrons. The summed E-state index contributed by atoms with van der Waals surface area (Å²) in [5.74, 6) is -1.24. The number of ketones is 1. The molecule has 1 aromatic heterocycles. The van der Waals surface area contributed by atoms with Crippen molar-refractivity contribution >= 4 is 84.8 Å². The van der Waals surface area contributed by atoms with Gasteiger partial charge in [0.15, 0.2) is 4.34 Å². The van der Waals surface area contributed by atoms with Gasteiger partial charge in [0.1, 0.15) is 5.76 Å². The van der Waals surface area contributed by atoms with E-state index in [4.69, 9.17) is 23.2 Å². The van der Waals surface area contributed by atoms with Crippen molar-refractivity contribution in [2.24, 2.45) is 0 Å². The predicted molar refractivity (Wildman–Crippen MR) is 151 cm³/mol. The van der Waals surface area contributed by atoms with Crippen molar-refractivity contribution in [3.8, 4) is 0 Å². The molecule has 2 heterocycles. The van der Waals surface area contributed by atoms with E-state index in [0.717, 1.165) is 10.0 Å². The lowest BCUT2D eigenvalue weighted by Gasteiger charge is -2.22. The second kappa shape index (κ2) is 11.0. The molecule has 1 aliphatic rings. The molecule has 5 rings (SSSR count). The van der Waals surface area contributed by atoms with Crippen molar-refractivity contribution in [3.63, 3.8) is 0 Å². The molecule has 0 spiro atoms. The Morgan fingerprint density at radius 1 is 1.00 bits per heavy atom. The molecular weight excluding hydrogens is 617 g/mol. The van der Waals surface area contributed by atoms with Crippen LogP contribution in [0.5, 0.6) is 0 Å². The molecule has 11 heteroatoms. The highest BCUT2D eigenvalue weighted by Gasteiger charge is 2.48. The summed E-state index contributed by atoms with van der Waals surface area (Å²) in [5.41, 5.74) is 2.04. The number of rotatable bonds is 6. The van der Waals surface area contributed by atoms with Crippen LogP contribution in [0.4, 0.5) is 5.13 Å². The minimum absolute atomic E-state index is 0.0315. The van der Waals surface area contributed by atoms with Crippen molar-refractivity contribution in [1.29, 1.82) is 0 Å². The second-order valence-corrected chi connectivity index (χ2v) is 12.0. The van der Waals surface area contributed by atoms with Gasteiger partial charge in [-0.3, -0.25) is 14.5 Å². The predicted octanol–water partition coefficient (Wildman–Crippen LogP) is 7.53. The van der Waals surface area contributed by atoms with Crippen LogP contribution in [0.1, 0.15) is 22.7 Å². The average Bonchev–Trinajstić information content (AvgIpc) is 3.46. The van der Waals surface area contributed by atoms with Gasteiger partial charge in [-0.15, -0.1) is 10.2 Å². The second-order valence-electron chi connectivity index (χ2n) is 8.00. The highest BCUT2D eigenvalue weighted by molar-refractivity contribution is 9.10. The molecule has 37 heavy (non-hydrogen) atoms. The molecule has 1 amide bonds. The fourth-order valence-electron chi connectivity index (χ4n) is 3.87. The topological polar surface area (TPSA) is 83.4 Å². The summed E-state index contributed by atoms with van der Waals surface area (Å²) in [6.45, 7) is 0. The van der Waals surface area contributed by atoms with Crippen LogP contribution in [-0.2, 0) is 15.3 Å². The number of aliphatic hydroxyl groups excluding tert-OH is 1. The molecule has 1 atom stereocenters. The lowest BCUT2D eigenvalue weighted by Crippen LogP contribution is -2.29. The maximum absolute atomic E-state index is 13.3. The first-order chi connectivity index (χ1) is 17.8. The monoisotopic (exact) mass is 631 g/mol. The number of benzene rings is 3. The fourth-order valence-corrected chi connectivity index (χ4v) is 6.36. The minimum atomic E-state index is -0.893. The van der Waals surface area contributed by atoms with E-state index >= 15 is 0 Å². The third-order valence-corrected chi connectivity index (χ3v) is 8.73. The zero-order valence-electron chi connectivity index (χ0n) is 18.8. The number of hydrogen-bond donors (Lipinski definition) is 1. The van der Waals surface area contributed by atoms with Gasteiger partial charge in [0.25, 0.3) is 5.78 Å². The Balaban J connectivity index is 1.53. The summed E-state index contributed by atoms with van der Waals surface area (Å²) in [7, 11) is 0. The van der Waals surface area contributed by atoms with Gasteiger partial charge in [-0.2, -0.15) is 0 Å². The zero-order valence-corrected chi connectivity index (χ0v) is 23.5. The molecule has 6 nitrogen and oxygen atoms in total. The van der Waals surface area contributed by atoms with Crippen molar-refractivity contribution in [2.75, 3.05) is 4.90 Å². The van der Waals surface area contributed by atoms with Crippen molar-refractivity contribution in [3.05, 3.63) is 110 Å². The molecule has 0 bridgehead atoms. The molecule has 0 aliphatic carbocycles. The number of aromatic nitrogens is 2. The van der Waals surface area contributed by atoms with Gasteiger partial charge in [-0.05, 0) is 59.7 Å². The van der Waals surface area contributed by atoms with Gasteiger partial charge < -0.3 is 5.11 Å². The van der Waals surface area contributed by atoms with Gasteiger partial charge >= 0.3 is 5.91 Å². The summed E-state index contributed by atoms with van der Waals surface area (Å²) in [6.07, 6.45) is 0. The Hall–Kier alpha value is -2.69. The molecule has 1 saturated heterocycles. The van der Waals surface area contributed by atoms with E-state index in [1.165, 1.54) is 28.0 Å². The summed E-state index contributed by atoms with van der Waals surface area (Å²) in [6, 6.07) is 20.2. The third kappa shape index (κ3) is 5.46. The maximum atomic E-state index is 13.3. The Labute approximate surface area is 239 Å². The molecule has 3 aromatic carbocycles. The highest BCUT2D eigenvalue weighted by Crippen LogP contribution is 2.44. The standard InChI is InChI=1S/C26H16BrCl2N3O3S2/c27-17-3-1-2-16(12-17)21-20(22(33)15-6-10-19(29)11-7-15)23(34)24(35)32(21)25-30-31-26(37-25)36-13-14-4-8-18(28)9-5-14/h1-12,21,33H,13H2/b22-20-. The number of anilines is 1.